The van der Waals surface area contributed by atoms with Crippen LogP contribution in [0, 0.1) is 11.8 Å². The van der Waals surface area contributed by atoms with Crippen LogP contribution >= 0.6 is 11.6 Å². The lowest BCUT2D eigenvalue weighted by atomic mass is 9.89. The maximum Gasteiger partial charge on any atom is 0.0816 e. The standard InChI is InChI=1S/C18H28ClNO/c1-14(2)15-6-5-11-20(12-9-15)13-10-18(21)16-7-3-4-8-17(16)19/h3-4,7-8,14-15,18,21H,5-6,9-13H2,1-2H3. The van der Waals surface area contributed by atoms with Gasteiger partial charge in [0.2, 0.25) is 0 Å². The summed E-state index contributed by atoms with van der Waals surface area (Å²) in [6.07, 6.45) is 4.23. The third-order valence-corrected chi connectivity index (χ3v) is 5.14. The Balaban J connectivity index is 1.82. The Bertz CT molecular complexity index is 435. The molecule has 2 unspecified atom stereocenters. The van der Waals surface area contributed by atoms with Crippen molar-refractivity contribution in [2.24, 2.45) is 11.8 Å². The first-order valence-corrected chi connectivity index (χ1v) is 8.60. The SMILES string of the molecule is CC(C)C1CCCN(CCC(O)c2ccccc2Cl)CC1. The van der Waals surface area contributed by atoms with Gasteiger partial charge >= 0.3 is 0 Å². The maximum atomic E-state index is 10.3. The Morgan fingerprint density at radius 3 is 2.71 bits per heavy atom. The molecule has 0 spiro atoms. The molecule has 1 aliphatic rings. The average molecular weight is 310 g/mol. The zero-order chi connectivity index (χ0) is 15.2. The Kier molecular flexibility index (Phi) is 6.53. The van der Waals surface area contributed by atoms with E-state index in [4.69, 9.17) is 11.6 Å². The number of aliphatic hydroxyl groups is 1. The van der Waals surface area contributed by atoms with Crippen molar-refractivity contribution in [1.29, 1.82) is 0 Å². The molecule has 1 fully saturated rings. The molecule has 1 N–H and O–H groups in total. The fourth-order valence-corrected chi connectivity index (χ4v) is 3.54. The number of likely N-dealkylation sites (tertiary alicyclic amines) is 1. The van der Waals surface area contributed by atoms with Gasteiger partial charge in [-0.1, -0.05) is 43.6 Å². The molecule has 0 bridgehead atoms. The number of hydrogen-bond acceptors (Lipinski definition) is 2. The van der Waals surface area contributed by atoms with Gasteiger partial charge in [-0.2, -0.15) is 0 Å². The Morgan fingerprint density at radius 1 is 1.24 bits per heavy atom. The van der Waals surface area contributed by atoms with Gasteiger partial charge in [0, 0.05) is 11.6 Å². The largest absolute Gasteiger partial charge is 0.388 e. The Morgan fingerprint density at radius 2 is 2.00 bits per heavy atom. The van der Waals surface area contributed by atoms with Crippen molar-refractivity contribution in [2.75, 3.05) is 19.6 Å². The van der Waals surface area contributed by atoms with Crippen LogP contribution < -0.4 is 0 Å². The summed E-state index contributed by atoms with van der Waals surface area (Å²) in [6, 6.07) is 7.60. The molecule has 1 aromatic rings. The molecule has 1 aromatic carbocycles. The number of hydrogen-bond donors (Lipinski definition) is 1. The molecule has 118 valence electrons. The number of aliphatic hydroxyl groups excluding tert-OH is 1. The summed E-state index contributed by atoms with van der Waals surface area (Å²) < 4.78 is 0. The van der Waals surface area contributed by atoms with Crippen molar-refractivity contribution in [3.05, 3.63) is 34.9 Å². The molecule has 0 amide bonds. The van der Waals surface area contributed by atoms with Crippen LogP contribution in [0.3, 0.4) is 0 Å². The van der Waals surface area contributed by atoms with E-state index in [1.54, 1.807) is 0 Å². The highest BCUT2D eigenvalue weighted by Crippen LogP contribution is 2.27. The molecule has 3 heteroatoms. The molecule has 2 nitrogen and oxygen atoms in total. The van der Waals surface area contributed by atoms with Crippen molar-refractivity contribution in [2.45, 2.75) is 45.6 Å². The first-order chi connectivity index (χ1) is 10.1. The third kappa shape index (κ3) is 4.98. The van der Waals surface area contributed by atoms with Crippen LogP contribution in [0.5, 0.6) is 0 Å². The van der Waals surface area contributed by atoms with E-state index in [9.17, 15) is 5.11 Å². The first kappa shape index (κ1) is 16.8. The number of rotatable bonds is 5. The summed E-state index contributed by atoms with van der Waals surface area (Å²) in [6.45, 7) is 7.96. The van der Waals surface area contributed by atoms with Crippen LogP contribution in [0.25, 0.3) is 0 Å². The zero-order valence-corrected chi connectivity index (χ0v) is 14.0. The summed E-state index contributed by atoms with van der Waals surface area (Å²) in [5, 5.41) is 11.0. The fraction of sp³-hybridized carbons (Fsp3) is 0.667. The van der Waals surface area contributed by atoms with Crippen LogP contribution in [0.15, 0.2) is 24.3 Å². The molecule has 0 aliphatic carbocycles. The first-order valence-electron chi connectivity index (χ1n) is 8.22. The Labute approximate surface area is 134 Å². The normalized spacial score (nSPS) is 22.2. The van der Waals surface area contributed by atoms with Crippen LogP contribution in [-0.4, -0.2) is 29.6 Å². The molecule has 2 rings (SSSR count). The topological polar surface area (TPSA) is 23.5 Å². The molecule has 1 heterocycles. The van der Waals surface area contributed by atoms with Gasteiger partial charge in [-0.25, -0.2) is 0 Å². The lowest BCUT2D eigenvalue weighted by molar-refractivity contribution is 0.142. The monoisotopic (exact) mass is 309 g/mol. The van der Waals surface area contributed by atoms with E-state index >= 15 is 0 Å². The van der Waals surface area contributed by atoms with E-state index in [-0.39, 0.29) is 0 Å². The summed E-state index contributed by atoms with van der Waals surface area (Å²) >= 11 is 6.15. The summed E-state index contributed by atoms with van der Waals surface area (Å²) in [5.41, 5.74) is 0.856. The quantitative estimate of drug-likeness (QED) is 0.864. The highest BCUT2D eigenvalue weighted by Gasteiger charge is 2.20. The summed E-state index contributed by atoms with van der Waals surface area (Å²) in [7, 11) is 0. The predicted molar refractivity (Wildman–Crippen MR) is 89.6 cm³/mol. The van der Waals surface area contributed by atoms with Crippen LogP contribution in [-0.2, 0) is 0 Å². The lowest BCUT2D eigenvalue weighted by Gasteiger charge is -2.23. The van der Waals surface area contributed by atoms with E-state index in [0.29, 0.717) is 5.02 Å². The van der Waals surface area contributed by atoms with Gasteiger partial charge in [-0.15, -0.1) is 0 Å². The van der Waals surface area contributed by atoms with Gasteiger partial charge in [0.1, 0.15) is 0 Å². The second-order valence-corrected chi connectivity index (χ2v) is 7.01. The van der Waals surface area contributed by atoms with Gasteiger partial charge in [0.15, 0.2) is 0 Å². The molecular formula is C18H28ClNO. The second kappa shape index (κ2) is 8.17. The Hall–Kier alpha value is -0.570. The number of nitrogens with zero attached hydrogens (tertiary/aromatic N) is 1. The van der Waals surface area contributed by atoms with Gasteiger partial charge in [0.25, 0.3) is 0 Å². The van der Waals surface area contributed by atoms with Gasteiger partial charge in [-0.05, 0) is 62.2 Å². The van der Waals surface area contributed by atoms with Crippen molar-refractivity contribution in [3.63, 3.8) is 0 Å². The lowest BCUT2D eigenvalue weighted by Crippen LogP contribution is -2.27. The minimum absolute atomic E-state index is 0.456. The second-order valence-electron chi connectivity index (χ2n) is 6.60. The minimum atomic E-state index is -0.456. The molecule has 1 aliphatic heterocycles. The average Bonchev–Trinajstić information content (AvgIpc) is 2.71. The highest BCUT2D eigenvalue weighted by molar-refractivity contribution is 6.31. The van der Waals surface area contributed by atoms with E-state index < -0.39 is 6.10 Å². The third-order valence-electron chi connectivity index (χ3n) is 4.79. The van der Waals surface area contributed by atoms with Crippen molar-refractivity contribution in [1.82, 2.24) is 4.90 Å². The molecule has 0 aromatic heterocycles. The van der Waals surface area contributed by atoms with E-state index in [2.05, 4.69) is 18.7 Å². The smallest absolute Gasteiger partial charge is 0.0816 e. The molecule has 0 radical (unpaired) electrons. The summed E-state index contributed by atoms with van der Waals surface area (Å²) in [5.74, 6) is 1.65. The number of benzene rings is 1. The van der Waals surface area contributed by atoms with E-state index in [1.165, 1.54) is 25.8 Å². The van der Waals surface area contributed by atoms with Crippen LogP contribution in [0.1, 0.15) is 51.2 Å². The van der Waals surface area contributed by atoms with Gasteiger partial charge < -0.3 is 10.0 Å². The predicted octanol–water partition coefficient (Wildman–Crippen LogP) is 4.52. The molecule has 1 saturated heterocycles. The van der Waals surface area contributed by atoms with Gasteiger partial charge in [-0.3, -0.25) is 0 Å². The zero-order valence-electron chi connectivity index (χ0n) is 13.3. The highest BCUT2D eigenvalue weighted by atomic mass is 35.5. The van der Waals surface area contributed by atoms with Crippen molar-refractivity contribution in [3.8, 4) is 0 Å². The molecule has 2 atom stereocenters. The molecular weight excluding hydrogens is 282 g/mol. The van der Waals surface area contributed by atoms with E-state index in [0.717, 1.165) is 36.9 Å². The van der Waals surface area contributed by atoms with E-state index in [1.807, 2.05) is 24.3 Å². The minimum Gasteiger partial charge on any atom is -0.388 e. The summed E-state index contributed by atoms with van der Waals surface area (Å²) in [4.78, 5) is 2.50. The molecule has 21 heavy (non-hydrogen) atoms. The van der Waals surface area contributed by atoms with Crippen LogP contribution in [0.4, 0.5) is 0 Å². The maximum absolute atomic E-state index is 10.3. The number of halogens is 1. The fourth-order valence-electron chi connectivity index (χ4n) is 3.28. The van der Waals surface area contributed by atoms with Crippen molar-refractivity contribution < 1.29 is 5.11 Å². The molecule has 0 saturated carbocycles. The van der Waals surface area contributed by atoms with Crippen LogP contribution in [0.2, 0.25) is 5.02 Å². The van der Waals surface area contributed by atoms with Gasteiger partial charge in [0.05, 0.1) is 6.10 Å². The van der Waals surface area contributed by atoms with Crippen molar-refractivity contribution >= 4 is 11.6 Å².